The molecule has 0 bridgehead atoms. The summed E-state index contributed by atoms with van der Waals surface area (Å²) in [5.74, 6) is 0.685. The lowest BCUT2D eigenvalue weighted by atomic mass is 10.2. The van der Waals surface area contributed by atoms with Gasteiger partial charge in [-0.2, -0.15) is 4.31 Å². The number of likely N-dealkylation sites (N-methyl/N-ethyl adjacent to an activating group) is 1. The number of nitrogens with zero attached hydrogens (tertiary/aromatic N) is 1. The predicted octanol–water partition coefficient (Wildman–Crippen LogP) is 1.95. The highest BCUT2D eigenvalue weighted by molar-refractivity contribution is 9.10. The lowest BCUT2D eigenvalue weighted by molar-refractivity contribution is 0.117. The van der Waals surface area contributed by atoms with Crippen molar-refractivity contribution < 1.29 is 13.2 Å². The first-order chi connectivity index (χ1) is 9.95. The van der Waals surface area contributed by atoms with Crippen molar-refractivity contribution in [3.05, 3.63) is 28.2 Å². The number of rotatable bonds is 8. The average molecular weight is 377 g/mol. The third-order valence-corrected chi connectivity index (χ3v) is 6.35. The summed E-state index contributed by atoms with van der Waals surface area (Å²) >= 11 is 3.31. The van der Waals surface area contributed by atoms with Crippen LogP contribution < -0.4 is 5.73 Å². The smallest absolute Gasteiger partial charge is 0.244 e. The molecule has 7 heteroatoms. The SMILES string of the molecule is CN(CCOCC1CC1)S(=O)(=O)c1ccc(CN)cc1Br. The highest BCUT2D eigenvalue weighted by atomic mass is 79.9. The Hall–Kier alpha value is -0.470. The standard InChI is InChI=1S/C14H21BrN2O3S/c1-17(6-7-20-10-11-2-3-11)21(18,19)14-5-4-12(9-16)8-13(14)15/h4-5,8,11H,2-3,6-7,9-10,16H2,1H3. The topological polar surface area (TPSA) is 72.6 Å². The van der Waals surface area contributed by atoms with Gasteiger partial charge in [0.1, 0.15) is 0 Å². The summed E-state index contributed by atoms with van der Waals surface area (Å²) in [5.41, 5.74) is 6.44. The molecule has 1 aliphatic carbocycles. The molecule has 118 valence electrons. The van der Waals surface area contributed by atoms with Crippen molar-refractivity contribution in [2.24, 2.45) is 11.7 Å². The van der Waals surface area contributed by atoms with Gasteiger partial charge in [-0.3, -0.25) is 0 Å². The van der Waals surface area contributed by atoms with Crippen molar-refractivity contribution >= 4 is 26.0 Å². The van der Waals surface area contributed by atoms with E-state index >= 15 is 0 Å². The van der Waals surface area contributed by atoms with Gasteiger partial charge < -0.3 is 10.5 Å². The minimum absolute atomic E-state index is 0.254. The second-order valence-electron chi connectivity index (χ2n) is 5.31. The van der Waals surface area contributed by atoms with Crippen LogP contribution in [-0.4, -0.2) is 39.5 Å². The summed E-state index contributed by atoms with van der Waals surface area (Å²) in [7, 11) is -1.95. The molecular formula is C14H21BrN2O3S. The van der Waals surface area contributed by atoms with Crippen LogP contribution in [0, 0.1) is 5.92 Å². The van der Waals surface area contributed by atoms with E-state index in [1.807, 2.05) is 0 Å². The van der Waals surface area contributed by atoms with Gasteiger partial charge in [-0.15, -0.1) is 0 Å². The molecule has 0 aliphatic heterocycles. The molecule has 2 rings (SSSR count). The Labute approximate surface area is 134 Å². The molecule has 1 fully saturated rings. The number of nitrogens with two attached hydrogens (primary N) is 1. The van der Waals surface area contributed by atoms with Gasteiger partial charge in [-0.25, -0.2) is 8.42 Å². The molecule has 1 aromatic carbocycles. The minimum Gasteiger partial charge on any atom is -0.380 e. The number of hydrogen-bond donors (Lipinski definition) is 1. The summed E-state index contributed by atoms with van der Waals surface area (Å²) in [6, 6.07) is 5.06. The fraction of sp³-hybridized carbons (Fsp3) is 0.571. The largest absolute Gasteiger partial charge is 0.380 e. The maximum atomic E-state index is 12.5. The van der Waals surface area contributed by atoms with Crippen molar-refractivity contribution in [3.8, 4) is 0 Å². The third-order valence-electron chi connectivity index (χ3n) is 3.52. The molecular weight excluding hydrogens is 356 g/mol. The van der Waals surface area contributed by atoms with Gasteiger partial charge in [0, 0.05) is 31.2 Å². The van der Waals surface area contributed by atoms with Crippen LogP contribution in [0.5, 0.6) is 0 Å². The Morgan fingerprint density at radius 3 is 2.71 bits per heavy atom. The Kier molecular flexibility index (Phi) is 5.79. The number of benzene rings is 1. The molecule has 2 N–H and O–H groups in total. The van der Waals surface area contributed by atoms with Crippen LogP contribution in [-0.2, 0) is 21.3 Å². The quantitative estimate of drug-likeness (QED) is 0.703. The number of ether oxygens (including phenoxy) is 1. The van der Waals surface area contributed by atoms with Crippen LogP contribution >= 0.6 is 15.9 Å². The average Bonchev–Trinajstić information content (AvgIpc) is 3.26. The molecule has 1 aromatic rings. The fourth-order valence-corrected chi connectivity index (χ4v) is 4.13. The lowest BCUT2D eigenvalue weighted by Crippen LogP contribution is -2.30. The second kappa shape index (κ2) is 7.19. The lowest BCUT2D eigenvalue weighted by Gasteiger charge is -2.18. The monoisotopic (exact) mass is 376 g/mol. The Morgan fingerprint density at radius 2 is 2.14 bits per heavy atom. The fourth-order valence-electron chi connectivity index (χ4n) is 1.90. The van der Waals surface area contributed by atoms with Gasteiger partial charge >= 0.3 is 0 Å². The Morgan fingerprint density at radius 1 is 1.43 bits per heavy atom. The number of sulfonamides is 1. The summed E-state index contributed by atoms with van der Waals surface area (Å²) in [4.78, 5) is 0.254. The van der Waals surface area contributed by atoms with E-state index in [0.717, 1.165) is 12.2 Å². The summed E-state index contributed by atoms with van der Waals surface area (Å²) < 4.78 is 32.4. The Bertz CT molecular complexity index is 588. The molecule has 0 saturated heterocycles. The summed E-state index contributed by atoms with van der Waals surface area (Å²) in [6.45, 7) is 1.89. The van der Waals surface area contributed by atoms with E-state index in [1.165, 1.54) is 17.1 Å². The predicted molar refractivity (Wildman–Crippen MR) is 85.4 cm³/mol. The first-order valence-corrected chi connectivity index (χ1v) is 9.21. The van der Waals surface area contributed by atoms with Crippen LogP contribution in [0.25, 0.3) is 0 Å². The highest BCUT2D eigenvalue weighted by Gasteiger charge is 2.24. The van der Waals surface area contributed by atoms with Crippen molar-refractivity contribution in [1.82, 2.24) is 4.31 Å². The molecule has 0 spiro atoms. The van der Waals surface area contributed by atoms with Crippen LogP contribution in [0.4, 0.5) is 0 Å². The van der Waals surface area contributed by atoms with Gasteiger partial charge in [-0.1, -0.05) is 6.07 Å². The number of hydrogen-bond acceptors (Lipinski definition) is 4. The summed E-state index contributed by atoms with van der Waals surface area (Å²) in [6.07, 6.45) is 2.46. The van der Waals surface area contributed by atoms with Crippen LogP contribution in [0.1, 0.15) is 18.4 Å². The normalized spacial score (nSPS) is 15.6. The van der Waals surface area contributed by atoms with Gasteiger partial charge in [-0.05, 0) is 52.4 Å². The van der Waals surface area contributed by atoms with Gasteiger partial charge in [0.25, 0.3) is 0 Å². The van der Waals surface area contributed by atoms with Crippen molar-refractivity contribution in [3.63, 3.8) is 0 Å². The van der Waals surface area contributed by atoms with Crippen molar-refractivity contribution in [2.75, 3.05) is 26.8 Å². The van der Waals surface area contributed by atoms with Crippen LogP contribution in [0.2, 0.25) is 0 Å². The third kappa shape index (κ3) is 4.50. The highest BCUT2D eigenvalue weighted by Crippen LogP contribution is 2.29. The van der Waals surface area contributed by atoms with E-state index in [-0.39, 0.29) is 4.90 Å². The molecule has 0 heterocycles. The molecule has 0 atom stereocenters. The first-order valence-electron chi connectivity index (χ1n) is 6.97. The zero-order chi connectivity index (χ0) is 15.5. The van der Waals surface area contributed by atoms with Gasteiger partial charge in [0.05, 0.1) is 11.5 Å². The maximum Gasteiger partial charge on any atom is 0.244 e. The van der Waals surface area contributed by atoms with Crippen LogP contribution in [0.15, 0.2) is 27.6 Å². The second-order valence-corrected chi connectivity index (χ2v) is 8.18. The van der Waals surface area contributed by atoms with Gasteiger partial charge in [0.2, 0.25) is 10.0 Å². The molecule has 0 amide bonds. The van der Waals surface area contributed by atoms with Crippen LogP contribution in [0.3, 0.4) is 0 Å². The molecule has 21 heavy (non-hydrogen) atoms. The molecule has 1 saturated carbocycles. The molecule has 5 nitrogen and oxygen atoms in total. The molecule has 1 aliphatic rings. The molecule has 0 unspecified atom stereocenters. The maximum absolute atomic E-state index is 12.5. The Balaban J connectivity index is 1.98. The van der Waals surface area contributed by atoms with Gasteiger partial charge in [0.15, 0.2) is 0 Å². The van der Waals surface area contributed by atoms with E-state index in [4.69, 9.17) is 10.5 Å². The van der Waals surface area contributed by atoms with E-state index in [0.29, 0.717) is 30.1 Å². The molecule has 0 aromatic heterocycles. The molecule has 0 radical (unpaired) electrons. The number of halogens is 1. The van der Waals surface area contributed by atoms with Crippen molar-refractivity contribution in [2.45, 2.75) is 24.3 Å². The van der Waals surface area contributed by atoms with E-state index in [1.54, 1.807) is 25.2 Å². The zero-order valence-electron chi connectivity index (χ0n) is 12.1. The summed E-state index contributed by atoms with van der Waals surface area (Å²) in [5, 5.41) is 0. The van der Waals surface area contributed by atoms with Crippen molar-refractivity contribution in [1.29, 1.82) is 0 Å². The first kappa shape index (κ1) is 16.9. The van der Waals surface area contributed by atoms with E-state index < -0.39 is 10.0 Å². The van der Waals surface area contributed by atoms with E-state index in [9.17, 15) is 8.42 Å². The van der Waals surface area contributed by atoms with E-state index in [2.05, 4.69) is 15.9 Å². The zero-order valence-corrected chi connectivity index (χ0v) is 14.5. The minimum atomic E-state index is -3.51.